The van der Waals surface area contributed by atoms with Crippen LogP contribution in [0.15, 0.2) is 42.5 Å². The van der Waals surface area contributed by atoms with Crippen LogP contribution in [0.2, 0.25) is 5.02 Å². The average Bonchev–Trinajstić information content (AvgIpc) is 2.39. The third-order valence-corrected chi connectivity index (χ3v) is 3.80. The first-order valence-corrected chi connectivity index (χ1v) is 7.32. The fourth-order valence-corrected chi connectivity index (χ4v) is 2.71. The molecule has 0 fully saturated rings. The molecular formula is C15H14ClIO2. The van der Waals surface area contributed by atoms with Gasteiger partial charge < -0.3 is 9.84 Å². The molecule has 0 radical (unpaired) electrons. The number of rotatable bonds is 4. The second-order valence-electron chi connectivity index (χ2n) is 4.23. The zero-order valence-electron chi connectivity index (χ0n) is 10.4. The van der Waals surface area contributed by atoms with Gasteiger partial charge in [-0.25, -0.2) is 0 Å². The van der Waals surface area contributed by atoms with E-state index in [4.69, 9.17) is 16.3 Å². The molecule has 0 aliphatic rings. The summed E-state index contributed by atoms with van der Waals surface area (Å²) in [5.41, 5.74) is 1.80. The predicted molar refractivity (Wildman–Crippen MR) is 85.8 cm³/mol. The molecule has 1 N–H and O–H groups in total. The molecule has 1 atom stereocenters. The van der Waals surface area contributed by atoms with Crippen molar-refractivity contribution >= 4 is 34.2 Å². The normalized spacial score (nSPS) is 12.2. The van der Waals surface area contributed by atoms with Crippen molar-refractivity contribution in [1.82, 2.24) is 0 Å². The zero-order chi connectivity index (χ0) is 13.8. The van der Waals surface area contributed by atoms with Gasteiger partial charge in [-0.2, -0.15) is 0 Å². The van der Waals surface area contributed by atoms with Crippen LogP contribution in [0.4, 0.5) is 0 Å². The second-order valence-corrected chi connectivity index (χ2v) is 5.91. The summed E-state index contributed by atoms with van der Waals surface area (Å²) in [7, 11) is 1.62. The Morgan fingerprint density at radius 3 is 2.74 bits per heavy atom. The van der Waals surface area contributed by atoms with Crippen molar-refractivity contribution in [1.29, 1.82) is 0 Å². The van der Waals surface area contributed by atoms with Gasteiger partial charge in [-0.05, 0) is 64.0 Å². The lowest BCUT2D eigenvalue weighted by Gasteiger charge is -2.14. The first-order valence-electron chi connectivity index (χ1n) is 5.86. The third kappa shape index (κ3) is 3.84. The van der Waals surface area contributed by atoms with Crippen molar-refractivity contribution in [2.24, 2.45) is 0 Å². The number of ether oxygens (including phenoxy) is 1. The molecule has 100 valence electrons. The lowest BCUT2D eigenvalue weighted by Crippen LogP contribution is -2.03. The molecule has 2 nitrogen and oxygen atoms in total. The van der Waals surface area contributed by atoms with Crippen LogP contribution in [0.3, 0.4) is 0 Å². The van der Waals surface area contributed by atoms with Crippen LogP contribution in [0.25, 0.3) is 0 Å². The van der Waals surface area contributed by atoms with Gasteiger partial charge in [0.05, 0.1) is 13.2 Å². The Morgan fingerprint density at radius 2 is 2.05 bits per heavy atom. The summed E-state index contributed by atoms with van der Waals surface area (Å²) in [6.07, 6.45) is -0.0915. The minimum Gasteiger partial charge on any atom is -0.496 e. The molecule has 0 aliphatic carbocycles. The van der Waals surface area contributed by atoms with E-state index in [1.165, 1.54) is 0 Å². The van der Waals surface area contributed by atoms with E-state index in [2.05, 4.69) is 22.6 Å². The number of benzene rings is 2. The minimum absolute atomic E-state index is 0.476. The predicted octanol–water partition coefficient (Wildman–Crippen LogP) is 4.23. The van der Waals surface area contributed by atoms with Gasteiger partial charge >= 0.3 is 0 Å². The highest BCUT2D eigenvalue weighted by atomic mass is 127. The van der Waals surface area contributed by atoms with E-state index in [-0.39, 0.29) is 0 Å². The largest absolute Gasteiger partial charge is 0.496 e. The molecule has 0 saturated heterocycles. The summed E-state index contributed by atoms with van der Waals surface area (Å²) in [4.78, 5) is 0. The summed E-state index contributed by atoms with van der Waals surface area (Å²) in [6.45, 7) is 0. The van der Waals surface area contributed by atoms with Gasteiger partial charge in [-0.15, -0.1) is 0 Å². The van der Waals surface area contributed by atoms with E-state index < -0.39 is 6.10 Å². The summed E-state index contributed by atoms with van der Waals surface area (Å²) in [5, 5.41) is 11.0. The fourth-order valence-electron chi connectivity index (χ4n) is 1.95. The Morgan fingerprint density at radius 1 is 1.26 bits per heavy atom. The van der Waals surface area contributed by atoms with Gasteiger partial charge in [0, 0.05) is 15.0 Å². The molecule has 2 aromatic carbocycles. The van der Waals surface area contributed by atoms with Crippen molar-refractivity contribution in [2.45, 2.75) is 12.5 Å². The number of hydrogen-bond acceptors (Lipinski definition) is 2. The fraction of sp³-hybridized carbons (Fsp3) is 0.200. The maximum Gasteiger partial charge on any atom is 0.122 e. The highest BCUT2D eigenvalue weighted by Gasteiger charge is 2.12. The number of methoxy groups -OCH3 is 1. The number of halogens is 2. The second kappa shape index (κ2) is 6.59. The Labute approximate surface area is 131 Å². The quantitative estimate of drug-likeness (QED) is 0.794. The standard InChI is InChI=1S/C15H14ClIO2/c1-19-15-6-5-12(16)7-11(15)9-14(18)10-3-2-4-13(17)8-10/h2-8,14,18H,9H2,1H3. The van der Waals surface area contributed by atoms with E-state index in [0.717, 1.165) is 20.4 Å². The van der Waals surface area contributed by atoms with Crippen molar-refractivity contribution < 1.29 is 9.84 Å². The Balaban J connectivity index is 2.23. The third-order valence-electron chi connectivity index (χ3n) is 2.89. The van der Waals surface area contributed by atoms with Crippen LogP contribution in [-0.2, 0) is 6.42 Å². The van der Waals surface area contributed by atoms with Gasteiger partial charge in [0.25, 0.3) is 0 Å². The van der Waals surface area contributed by atoms with Crippen molar-refractivity contribution in [3.8, 4) is 5.75 Å². The monoisotopic (exact) mass is 388 g/mol. The maximum atomic E-state index is 10.3. The Bertz CT molecular complexity index is 572. The van der Waals surface area contributed by atoms with Crippen LogP contribution < -0.4 is 4.74 Å². The molecule has 0 heterocycles. The van der Waals surface area contributed by atoms with Gasteiger partial charge in [0.1, 0.15) is 5.75 Å². The summed E-state index contributed by atoms with van der Waals surface area (Å²) in [6, 6.07) is 13.3. The van der Waals surface area contributed by atoms with Gasteiger partial charge in [-0.1, -0.05) is 23.7 Å². The lowest BCUT2D eigenvalue weighted by atomic mass is 10.0. The van der Waals surface area contributed by atoms with Gasteiger partial charge in [-0.3, -0.25) is 0 Å². The van der Waals surface area contributed by atoms with E-state index in [9.17, 15) is 5.11 Å². The smallest absolute Gasteiger partial charge is 0.122 e. The highest BCUT2D eigenvalue weighted by molar-refractivity contribution is 14.1. The molecule has 0 spiro atoms. The Hall–Kier alpha value is -0.780. The molecule has 2 rings (SSSR count). The molecule has 0 aliphatic heterocycles. The van der Waals surface area contributed by atoms with Crippen LogP contribution >= 0.6 is 34.2 Å². The molecule has 4 heteroatoms. The van der Waals surface area contributed by atoms with Crippen LogP contribution in [-0.4, -0.2) is 12.2 Å². The molecule has 0 amide bonds. The first kappa shape index (κ1) is 14.6. The molecule has 2 aromatic rings. The van der Waals surface area contributed by atoms with Crippen molar-refractivity contribution in [3.63, 3.8) is 0 Å². The Kier molecular flexibility index (Phi) is 5.07. The molecule has 19 heavy (non-hydrogen) atoms. The van der Waals surface area contributed by atoms with Crippen LogP contribution in [0.5, 0.6) is 5.75 Å². The van der Waals surface area contributed by atoms with Crippen LogP contribution in [0, 0.1) is 3.57 Å². The van der Waals surface area contributed by atoms with E-state index in [1.54, 1.807) is 13.2 Å². The van der Waals surface area contributed by atoms with E-state index in [0.29, 0.717) is 11.4 Å². The van der Waals surface area contributed by atoms with Gasteiger partial charge in [0.2, 0.25) is 0 Å². The number of aliphatic hydroxyl groups excluding tert-OH is 1. The SMILES string of the molecule is COc1ccc(Cl)cc1CC(O)c1cccc(I)c1. The zero-order valence-corrected chi connectivity index (χ0v) is 13.4. The molecule has 0 bridgehead atoms. The first-order chi connectivity index (χ1) is 9.10. The molecule has 1 unspecified atom stereocenters. The van der Waals surface area contributed by atoms with Gasteiger partial charge in [0.15, 0.2) is 0 Å². The minimum atomic E-state index is -0.568. The number of hydrogen-bond donors (Lipinski definition) is 1. The van der Waals surface area contributed by atoms with E-state index >= 15 is 0 Å². The van der Waals surface area contributed by atoms with Crippen LogP contribution in [0.1, 0.15) is 17.2 Å². The summed E-state index contributed by atoms with van der Waals surface area (Å²) in [5.74, 6) is 0.745. The van der Waals surface area contributed by atoms with E-state index in [1.807, 2.05) is 36.4 Å². The molecular weight excluding hydrogens is 375 g/mol. The average molecular weight is 389 g/mol. The van der Waals surface area contributed by atoms with Crippen molar-refractivity contribution in [2.75, 3.05) is 7.11 Å². The topological polar surface area (TPSA) is 29.5 Å². The maximum absolute atomic E-state index is 10.3. The molecule has 0 saturated carbocycles. The molecule has 0 aromatic heterocycles. The number of aliphatic hydroxyl groups is 1. The summed E-state index contributed by atoms with van der Waals surface area (Å²) < 4.78 is 6.39. The highest BCUT2D eigenvalue weighted by Crippen LogP contribution is 2.28. The summed E-state index contributed by atoms with van der Waals surface area (Å²) >= 11 is 8.22. The van der Waals surface area contributed by atoms with Crippen molar-refractivity contribution in [3.05, 3.63) is 62.2 Å². The lowest BCUT2D eigenvalue weighted by molar-refractivity contribution is 0.177.